The van der Waals surface area contributed by atoms with E-state index in [1.165, 1.54) is 16.0 Å². The largest absolute Gasteiger partial charge is 0.394 e. The number of rotatable bonds is 6. The Morgan fingerprint density at radius 3 is 2.60 bits per heavy atom. The first-order valence-electron chi connectivity index (χ1n) is 8.04. The minimum Gasteiger partial charge on any atom is -0.394 e. The summed E-state index contributed by atoms with van der Waals surface area (Å²) in [6, 6.07) is 0. The molecule has 2 aromatic rings. The van der Waals surface area contributed by atoms with Crippen molar-refractivity contribution in [1.82, 2.24) is 20.1 Å². The highest BCUT2D eigenvalue weighted by Gasteiger charge is 2.27. The van der Waals surface area contributed by atoms with Crippen molar-refractivity contribution in [3.63, 3.8) is 0 Å². The van der Waals surface area contributed by atoms with Gasteiger partial charge in [0.25, 0.3) is 5.56 Å². The van der Waals surface area contributed by atoms with Gasteiger partial charge >= 0.3 is 0 Å². The third-order valence-electron chi connectivity index (χ3n) is 4.77. The number of hydrogen-bond donors (Lipinski definition) is 2. The van der Waals surface area contributed by atoms with Crippen molar-refractivity contribution >= 4 is 35.3 Å². The zero-order valence-corrected chi connectivity index (χ0v) is 18.7. The average Bonchev–Trinajstić information content (AvgIpc) is 2.99. The summed E-state index contributed by atoms with van der Waals surface area (Å²) >= 11 is 1.46. The molecule has 0 spiro atoms. The maximum atomic E-state index is 12.4. The molecule has 2 heterocycles. The van der Waals surface area contributed by atoms with Gasteiger partial charge in [0.2, 0.25) is 0 Å². The lowest BCUT2D eigenvalue weighted by atomic mass is 9.89. The van der Waals surface area contributed by atoms with Gasteiger partial charge in [0.1, 0.15) is 5.01 Å². The van der Waals surface area contributed by atoms with Crippen LogP contribution in [0.25, 0.3) is 10.6 Å². The van der Waals surface area contributed by atoms with Crippen molar-refractivity contribution in [3.05, 3.63) is 32.7 Å². The van der Waals surface area contributed by atoms with Gasteiger partial charge in [-0.15, -0.1) is 35.3 Å². The molecule has 0 aliphatic heterocycles. The van der Waals surface area contributed by atoms with E-state index in [1.54, 1.807) is 7.05 Å². The van der Waals surface area contributed by atoms with Crippen LogP contribution in [0.2, 0.25) is 0 Å². The maximum Gasteiger partial charge on any atom is 0.277 e. The molecule has 6 nitrogen and oxygen atoms in total. The van der Waals surface area contributed by atoms with Crippen molar-refractivity contribution < 1.29 is 5.11 Å². The summed E-state index contributed by atoms with van der Waals surface area (Å²) < 4.78 is 1.36. The summed E-state index contributed by atoms with van der Waals surface area (Å²) in [7, 11) is 1.66. The molecule has 0 saturated heterocycles. The second-order valence-electron chi connectivity index (χ2n) is 6.74. The van der Waals surface area contributed by atoms with Crippen LogP contribution in [0.4, 0.5) is 0 Å². The van der Waals surface area contributed by atoms with Crippen molar-refractivity contribution in [3.8, 4) is 10.6 Å². The summed E-state index contributed by atoms with van der Waals surface area (Å²) in [6.07, 6.45) is 0. The monoisotopic (exact) mass is 478 g/mol. The first kappa shape index (κ1) is 22.2. The van der Waals surface area contributed by atoms with E-state index in [2.05, 4.69) is 29.2 Å². The van der Waals surface area contributed by atoms with Crippen LogP contribution in [0.15, 0.2) is 10.2 Å². The quantitative estimate of drug-likeness (QED) is 0.625. The fourth-order valence-corrected chi connectivity index (χ4v) is 3.25. The predicted molar refractivity (Wildman–Crippen MR) is 113 cm³/mol. The fraction of sp³-hybridized carbons (Fsp3) is 0.588. The average molecular weight is 478 g/mol. The lowest BCUT2D eigenvalue weighted by molar-refractivity contribution is 0.131. The molecule has 0 saturated carbocycles. The topological polar surface area (TPSA) is 80.0 Å². The Hall–Kier alpha value is -0.840. The van der Waals surface area contributed by atoms with E-state index in [1.807, 2.05) is 26.2 Å². The van der Waals surface area contributed by atoms with Crippen LogP contribution in [0.3, 0.4) is 0 Å². The Labute approximate surface area is 169 Å². The SMILES string of the molecule is Cc1nn(C)c(=O)c(-c2nc(CNC(C)(CO)C(C)C)cs2)c1C.I. The highest BCUT2D eigenvalue weighted by atomic mass is 127. The van der Waals surface area contributed by atoms with Crippen LogP contribution < -0.4 is 10.9 Å². The van der Waals surface area contributed by atoms with Gasteiger partial charge in [-0.1, -0.05) is 13.8 Å². The maximum absolute atomic E-state index is 12.4. The molecular weight excluding hydrogens is 451 g/mol. The van der Waals surface area contributed by atoms with Gasteiger partial charge < -0.3 is 10.4 Å². The van der Waals surface area contributed by atoms with Crippen LogP contribution in [-0.4, -0.2) is 32.0 Å². The summed E-state index contributed by atoms with van der Waals surface area (Å²) in [6.45, 7) is 10.5. The number of halogens is 1. The number of nitrogens with zero attached hydrogens (tertiary/aromatic N) is 3. The number of nitrogens with one attached hydrogen (secondary N) is 1. The molecule has 2 N–H and O–H groups in total. The number of aryl methyl sites for hydroxylation is 2. The molecular formula is C17H27IN4O2S. The molecule has 8 heteroatoms. The van der Waals surface area contributed by atoms with Gasteiger partial charge in [-0.3, -0.25) is 4.79 Å². The zero-order chi connectivity index (χ0) is 18.1. The van der Waals surface area contributed by atoms with Crippen LogP contribution in [0.5, 0.6) is 0 Å². The first-order chi connectivity index (χ1) is 11.2. The Kier molecular flexibility index (Phi) is 7.72. The van der Waals surface area contributed by atoms with E-state index in [0.29, 0.717) is 17.1 Å². The summed E-state index contributed by atoms with van der Waals surface area (Å²) in [5.74, 6) is 0.290. The second kappa shape index (κ2) is 8.70. The fourth-order valence-electron chi connectivity index (χ4n) is 2.34. The van der Waals surface area contributed by atoms with Crippen molar-refractivity contribution in [2.75, 3.05) is 6.61 Å². The van der Waals surface area contributed by atoms with Gasteiger partial charge in [0, 0.05) is 24.5 Å². The van der Waals surface area contributed by atoms with Crippen LogP contribution in [0, 0.1) is 19.8 Å². The normalized spacial score (nSPS) is 13.6. The highest BCUT2D eigenvalue weighted by molar-refractivity contribution is 14.0. The number of aromatic nitrogens is 3. The number of hydrogen-bond acceptors (Lipinski definition) is 6. The van der Waals surface area contributed by atoms with E-state index in [-0.39, 0.29) is 47.6 Å². The molecule has 1 atom stereocenters. The molecule has 0 radical (unpaired) electrons. The third-order valence-corrected chi connectivity index (χ3v) is 5.68. The Bertz CT molecular complexity index is 787. The summed E-state index contributed by atoms with van der Waals surface area (Å²) in [5, 5.41) is 19.9. The van der Waals surface area contributed by atoms with Gasteiger partial charge in [0.05, 0.1) is 23.6 Å². The number of thiazole rings is 1. The molecule has 2 rings (SSSR count). The predicted octanol–water partition coefficient (Wildman–Crippen LogP) is 2.64. The van der Waals surface area contributed by atoms with E-state index < -0.39 is 0 Å². The lowest BCUT2D eigenvalue weighted by Crippen LogP contribution is -2.49. The highest BCUT2D eigenvalue weighted by Crippen LogP contribution is 2.25. The standard InChI is InChI=1S/C17H26N4O2S.HI/c1-10(2)17(5,9-22)18-7-13-8-24-15(19-13)14-11(3)12(4)20-21(6)16(14)23;/h8,10,18,22H,7,9H2,1-6H3;1H. The summed E-state index contributed by atoms with van der Waals surface area (Å²) in [4.78, 5) is 17.0. The van der Waals surface area contributed by atoms with Gasteiger partial charge in [-0.2, -0.15) is 5.10 Å². The number of aliphatic hydroxyl groups is 1. The molecule has 0 aliphatic carbocycles. The Morgan fingerprint density at radius 2 is 2.04 bits per heavy atom. The van der Waals surface area contributed by atoms with E-state index in [9.17, 15) is 9.90 Å². The minimum absolute atomic E-state index is 0. The molecule has 25 heavy (non-hydrogen) atoms. The Balaban J connectivity index is 0.00000312. The molecule has 1 unspecified atom stereocenters. The molecule has 0 aliphatic rings. The van der Waals surface area contributed by atoms with E-state index >= 15 is 0 Å². The first-order valence-corrected chi connectivity index (χ1v) is 8.92. The zero-order valence-electron chi connectivity index (χ0n) is 15.6. The van der Waals surface area contributed by atoms with Crippen LogP contribution >= 0.6 is 35.3 Å². The lowest BCUT2D eigenvalue weighted by Gasteiger charge is -2.32. The molecule has 0 aromatic carbocycles. The van der Waals surface area contributed by atoms with Gasteiger partial charge in [0.15, 0.2) is 0 Å². The van der Waals surface area contributed by atoms with Crippen LogP contribution in [-0.2, 0) is 13.6 Å². The van der Waals surface area contributed by atoms with E-state index in [4.69, 9.17) is 0 Å². The minimum atomic E-state index is -0.358. The number of aliphatic hydroxyl groups excluding tert-OH is 1. The second-order valence-corrected chi connectivity index (χ2v) is 7.60. The molecule has 2 aromatic heterocycles. The third kappa shape index (κ3) is 4.66. The van der Waals surface area contributed by atoms with Gasteiger partial charge in [-0.05, 0) is 32.3 Å². The van der Waals surface area contributed by atoms with Crippen molar-refractivity contribution in [2.45, 2.75) is 46.7 Å². The van der Waals surface area contributed by atoms with Crippen molar-refractivity contribution in [2.24, 2.45) is 13.0 Å². The molecule has 0 fully saturated rings. The smallest absolute Gasteiger partial charge is 0.277 e. The van der Waals surface area contributed by atoms with Crippen molar-refractivity contribution in [1.29, 1.82) is 0 Å². The molecule has 0 bridgehead atoms. The molecule has 0 amide bonds. The van der Waals surface area contributed by atoms with Crippen LogP contribution in [0.1, 0.15) is 37.7 Å². The van der Waals surface area contributed by atoms with Gasteiger partial charge in [-0.25, -0.2) is 9.67 Å². The summed E-state index contributed by atoms with van der Waals surface area (Å²) in [5.41, 5.74) is 2.70. The van der Waals surface area contributed by atoms with E-state index in [0.717, 1.165) is 17.0 Å². The molecule has 140 valence electrons. The Morgan fingerprint density at radius 1 is 1.40 bits per heavy atom.